The van der Waals surface area contributed by atoms with Crippen LogP contribution >= 0.6 is 0 Å². The molecule has 2 rings (SSSR count). The first kappa shape index (κ1) is 11.6. The molecule has 0 aliphatic carbocycles. The molecule has 1 aromatic carbocycles. The zero-order valence-electron chi connectivity index (χ0n) is 9.84. The van der Waals surface area contributed by atoms with E-state index < -0.39 is 0 Å². The fourth-order valence-corrected chi connectivity index (χ4v) is 1.73. The summed E-state index contributed by atoms with van der Waals surface area (Å²) in [5.41, 5.74) is 7.46. The fourth-order valence-electron chi connectivity index (χ4n) is 1.73. The van der Waals surface area contributed by atoms with Gasteiger partial charge in [0, 0.05) is 12.1 Å². The lowest BCUT2D eigenvalue weighted by atomic mass is 10.1. The van der Waals surface area contributed by atoms with E-state index in [1.54, 1.807) is 13.3 Å². The van der Waals surface area contributed by atoms with Gasteiger partial charge in [-0.25, -0.2) is 4.68 Å². The number of ether oxygens (including phenoxy) is 1. The molecule has 2 aromatic rings. The number of para-hydroxylation sites is 1. The van der Waals surface area contributed by atoms with Crippen LogP contribution in [-0.4, -0.2) is 28.6 Å². The largest absolute Gasteiger partial charge is 0.496 e. The fraction of sp³-hybridized carbons (Fsp3) is 0.333. The third-order valence-corrected chi connectivity index (χ3v) is 2.57. The second-order valence-corrected chi connectivity index (χ2v) is 3.68. The van der Waals surface area contributed by atoms with E-state index in [0.717, 1.165) is 30.0 Å². The molecule has 0 radical (unpaired) electrons. The predicted molar refractivity (Wildman–Crippen MR) is 65.7 cm³/mol. The van der Waals surface area contributed by atoms with Crippen molar-refractivity contribution in [1.29, 1.82) is 0 Å². The van der Waals surface area contributed by atoms with E-state index >= 15 is 0 Å². The number of rotatable bonds is 5. The third-order valence-electron chi connectivity index (χ3n) is 2.57. The van der Waals surface area contributed by atoms with Gasteiger partial charge in [-0.3, -0.25) is 0 Å². The zero-order chi connectivity index (χ0) is 12.1. The molecule has 5 heteroatoms. The first-order valence-corrected chi connectivity index (χ1v) is 5.58. The molecule has 0 fully saturated rings. The molecule has 0 amide bonds. The van der Waals surface area contributed by atoms with E-state index in [-0.39, 0.29) is 0 Å². The van der Waals surface area contributed by atoms with Crippen LogP contribution in [0.1, 0.15) is 6.42 Å². The molecule has 17 heavy (non-hydrogen) atoms. The minimum atomic E-state index is 0.644. The zero-order valence-corrected chi connectivity index (χ0v) is 9.84. The van der Waals surface area contributed by atoms with Gasteiger partial charge in [0.2, 0.25) is 0 Å². The standard InChI is InChI=1S/C12H16N4O/c1-17-12-6-3-2-5-10(12)11-9-14-15-16(11)8-4-7-13/h2-3,5-6,9H,4,7-8,13H2,1H3. The topological polar surface area (TPSA) is 66.0 Å². The number of methoxy groups -OCH3 is 1. The summed E-state index contributed by atoms with van der Waals surface area (Å²) >= 11 is 0. The Balaban J connectivity index is 2.35. The van der Waals surface area contributed by atoms with Crippen LogP contribution in [0.25, 0.3) is 11.3 Å². The van der Waals surface area contributed by atoms with Crippen molar-refractivity contribution in [2.75, 3.05) is 13.7 Å². The van der Waals surface area contributed by atoms with E-state index in [1.807, 2.05) is 28.9 Å². The molecule has 0 bridgehead atoms. The Hall–Kier alpha value is -1.88. The van der Waals surface area contributed by atoms with Gasteiger partial charge in [0.25, 0.3) is 0 Å². The van der Waals surface area contributed by atoms with Crippen LogP contribution in [0.15, 0.2) is 30.5 Å². The highest BCUT2D eigenvalue weighted by atomic mass is 16.5. The Labute approximate surface area is 100 Å². The van der Waals surface area contributed by atoms with Gasteiger partial charge in [0.15, 0.2) is 0 Å². The molecule has 0 atom stereocenters. The molecule has 0 aliphatic heterocycles. The SMILES string of the molecule is COc1ccccc1-c1cnnn1CCCN. The first-order valence-electron chi connectivity index (χ1n) is 5.58. The van der Waals surface area contributed by atoms with Crippen LogP contribution in [0.4, 0.5) is 0 Å². The number of aryl methyl sites for hydroxylation is 1. The van der Waals surface area contributed by atoms with E-state index in [2.05, 4.69) is 10.3 Å². The van der Waals surface area contributed by atoms with Gasteiger partial charge in [-0.05, 0) is 25.1 Å². The van der Waals surface area contributed by atoms with Crippen molar-refractivity contribution in [2.24, 2.45) is 5.73 Å². The average molecular weight is 232 g/mol. The third kappa shape index (κ3) is 2.45. The smallest absolute Gasteiger partial charge is 0.128 e. The van der Waals surface area contributed by atoms with Crippen LogP contribution in [0.2, 0.25) is 0 Å². The van der Waals surface area contributed by atoms with Gasteiger partial charge in [-0.15, -0.1) is 5.10 Å². The minimum Gasteiger partial charge on any atom is -0.496 e. The van der Waals surface area contributed by atoms with Gasteiger partial charge in [-0.1, -0.05) is 17.3 Å². The second-order valence-electron chi connectivity index (χ2n) is 3.68. The van der Waals surface area contributed by atoms with E-state index in [1.165, 1.54) is 0 Å². The maximum absolute atomic E-state index is 5.50. The maximum Gasteiger partial charge on any atom is 0.128 e. The Morgan fingerprint density at radius 1 is 1.35 bits per heavy atom. The monoisotopic (exact) mass is 232 g/mol. The summed E-state index contributed by atoms with van der Waals surface area (Å²) in [6.45, 7) is 1.41. The van der Waals surface area contributed by atoms with Gasteiger partial charge in [0.1, 0.15) is 5.75 Å². The molecule has 0 saturated carbocycles. The lowest BCUT2D eigenvalue weighted by Crippen LogP contribution is -2.08. The quantitative estimate of drug-likeness (QED) is 0.844. The van der Waals surface area contributed by atoms with Gasteiger partial charge >= 0.3 is 0 Å². The number of aromatic nitrogens is 3. The highest BCUT2D eigenvalue weighted by Crippen LogP contribution is 2.28. The van der Waals surface area contributed by atoms with E-state index in [4.69, 9.17) is 10.5 Å². The van der Waals surface area contributed by atoms with Crippen molar-refractivity contribution in [1.82, 2.24) is 15.0 Å². The summed E-state index contributed by atoms with van der Waals surface area (Å²) in [5, 5.41) is 8.00. The lowest BCUT2D eigenvalue weighted by molar-refractivity contribution is 0.415. The summed E-state index contributed by atoms with van der Waals surface area (Å²) in [7, 11) is 1.66. The Morgan fingerprint density at radius 2 is 2.18 bits per heavy atom. The van der Waals surface area contributed by atoms with Crippen LogP contribution < -0.4 is 10.5 Å². The highest BCUT2D eigenvalue weighted by molar-refractivity contribution is 5.66. The van der Waals surface area contributed by atoms with Crippen molar-refractivity contribution in [3.05, 3.63) is 30.5 Å². The molecule has 0 saturated heterocycles. The van der Waals surface area contributed by atoms with Gasteiger partial charge in [-0.2, -0.15) is 0 Å². The molecule has 0 aliphatic rings. The molecular weight excluding hydrogens is 216 g/mol. The summed E-state index contributed by atoms with van der Waals surface area (Å²) < 4.78 is 7.19. The van der Waals surface area contributed by atoms with Crippen molar-refractivity contribution in [3.63, 3.8) is 0 Å². The van der Waals surface area contributed by atoms with Crippen molar-refractivity contribution in [2.45, 2.75) is 13.0 Å². The van der Waals surface area contributed by atoms with Crippen LogP contribution in [0.3, 0.4) is 0 Å². The summed E-state index contributed by atoms with van der Waals surface area (Å²) in [5.74, 6) is 0.823. The Morgan fingerprint density at radius 3 is 2.94 bits per heavy atom. The van der Waals surface area contributed by atoms with Gasteiger partial charge < -0.3 is 10.5 Å². The van der Waals surface area contributed by atoms with Crippen molar-refractivity contribution >= 4 is 0 Å². The molecule has 5 nitrogen and oxygen atoms in total. The first-order chi connectivity index (χ1) is 8.36. The minimum absolute atomic E-state index is 0.644. The van der Waals surface area contributed by atoms with Gasteiger partial charge in [0.05, 0.1) is 19.0 Å². The molecule has 0 unspecified atom stereocenters. The molecule has 1 aromatic heterocycles. The molecule has 90 valence electrons. The number of nitrogens with two attached hydrogens (primary N) is 1. The van der Waals surface area contributed by atoms with E-state index in [9.17, 15) is 0 Å². The number of hydrogen-bond acceptors (Lipinski definition) is 4. The van der Waals surface area contributed by atoms with Crippen LogP contribution in [0, 0.1) is 0 Å². The molecule has 2 N–H and O–H groups in total. The average Bonchev–Trinajstić information content (AvgIpc) is 2.84. The summed E-state index contributed by atoms with van der Waals surface area (Å²) in [6.07, 6.45) is 2.62. The molecular formula is C12H16N4O. The summed E-state index contributed by atoms with van der Waals surface area (Å²) in [4.78, 5) is 0. The highest BCUT2D eigenvalue weighted by Gasteiger charge is 2.10. The second kappa shape index (κ2) is 5.45. The van der Waals surface area contributed by atoms with Crippen molar-refractivity contribution in [3.8, 4) is 17.0 Å². The Bertz CT molecular complexity index is 481. The Kier molecular flexibility index (Phi) is 3.72. The van der Waals surface area contributed by atoms with Crippen LogP contribution in [-0.2, 0) is 6.54 Å². The number of hydrogen-bond donors (Lipinski definition) is 1. The number of benzene rings is 1. The van der Waals surface area contributed by atoms with Crippen LogP contribution in [0.5, 0.6) is 5.75 Å². The summed E-state index contributed by atoms with van der Waals surface area (Å²) in [6, 6.07) is 7.83. The normalized spacial score (nSPS) is 10.5. The lowest BCUT2D eigenvalue weighted by Gasteiger charge is -2.09. The predicted octanol–water partition coefficient (Wildman–Crippen LogP) is 1.30. The van der Waals surface area contributed by atoms with Crippen molar-refractivity contribution < 1.29 is 4.74 Å². The molecule has 0 spiro atoms. The maximum atomic E-state index is 5.50. The van der Waals surface area contributed by atoms with E-state index in [0.29, 0.717) is 6.54 Å². The molecule has 1 heterocycles. The number of nitrogens with zero attached hydrogens (tertiary/aromatic N) is 3.